The number of terminal acetylenes is 1. The molecule has 3 aromatic rings. The lowest BCUT2D eigenvalue weighted by molar-refractivity contribution is 0.367. The molecule has 0 amide bonds. The highest BCUT2D eigenvalue weighted by molar-refractivity contribution is 9.11. The first-order chi connectivity index (χ1) is 13.2. The van der Waals surface area contributed by atoms with Gasteiger partial charge < -0.3 is 9.47 Å². The molecular weight excluding hydrogens is 470 g/mol. The average Bonchev–Trinajstić information content (AvgIpc) is 2.67. The minimum Gasteiger partial charge on any atom is -0.479 e. The zero-order chi connectivity index (χ0) is 19.1. The number of aliphatic imine (C=N–C) groups is 1. The van der Waals surface area contributed by atoms with E-state index in [2.05, 4.69) is 42.8 Å². The third kappa shape index (κ3) is 5.46. The van der Waals surface area contributed by atoms with Gasteiger partial charge in [-0.25, -0.2) is 0 Å². The van der Waals surface area contributed by atoms with Crippen LogP contribution < -0.4 is 9.47 Å². The van der Waals surface area contributed by atoms with E-state index in [-0.39, 0.29) is 6.61 Å². The molecule has 0 aliphatic heterocycles. The number of ether oxygens (including phenoxy) is 2. The van der Waals surface area contributed by atoms with Gasteiger partial charge in [-0.05, 0) is 64.5 Å². The Morgan fingerprint density at radius 3 is 2.37 bits per heavy atom. The van der Waals surface area contributed by atoms with E-state index in [9.17, 15) is 0 Å². The van der Waals surface area contributed by atoms with Crippen molar-refractivity contribution in [3.63, 3.8) is 0 Å². The molecule has 27 heavy (non-hydrogen) atoms. The second kappa shape index (κ2) is 9.40. The normalized spacial score (nSPS) is 10.6. The summed E-state index contributed by atoms with van der Waals surface area (Å²) in [6.45, 7) is 0.187. The highest BCUT2D eigenvalue weighted by Gasteiger charge is 2.08. The number of benzene rings is 3. The Balaban J connectivity index is 1.77. The minimum atomic E-state index is 0.187. The van der Waals surface area contributed by atoms with Crippen LogP contribution in [0.25, 0.3) is 0 Å². The molecule has 0 spiro atoms. The monoisotopic (exact) mass is 483 g/mol. The molecule has 0 unspecified atom stereocenters. The third-order valence-electron chi connectivity index (χ3n) is 3.51. The van der Waals surface area contributed by atoms with E-state index in [1.165, 1.54) is 0 Å². The Morgan fingerprint density at radius 2 is 1.67 bits per heavy atom. The largest absolute Gasteiger partial charge is 0.479 e. The van der Waals surface area contributed by atoms with Gasteiger partial charge in [-0.1, -0.05) is 40.0 Å². The molecule has 0 radical (unpaired) electrons. The summed E-state index contributed by atoms with van der Waals surface area (Å²) in [6.07, 6.45) is 7.04. The van der Waals surface area contributed by atoms with E-state index < -0.39 is 0 Å². The van der Waals surface area contributed by atoms with Crippen molar-refractivity contribution in [3.8, 4) is 29.6 Å². The molecule has 3 rings (SSSR count). The van der Waals surface area contributed by atoms with Gasteiger partial charge in [0.1, 0.15) is 23.9 Å². The highest BCUT2D eigenvalue weighted by atomic mass is 79.9. The summed E-state index contributed by atoms with van der Waals surface area (Å²) in [4.78, 5) is 4.52. The number of halogens is 2. The van der Waals surface area contributed by atoms with Gasteiger partial charge in [0.2, 0.25) is 0 Å². The van der Waals surface area contributed by atoms with Crippen molar-refractivity contribution in [1.82, 2.24) is 0 Å². The molecule has 0 atom stereocenters. The second-order valence-corrected chi connectivity index (χ2v) is 7.24. The fourth-order valence-electron chi connectivity index (χ4n) is 2.31. The molecule has 0 saturated carbocycles. The van der Waals surface area contributed by atoms with Crippen molar-refractivity contribution in [2.75, 3.05) is 6.61 Å². The number of rotatable bonds is 6. The number of hydrogen-bond donors (Lipinski definition) is 0. The van der Waals surface area contributed by atoms with Crippen LogP contribution in [0, 0.1) is 12.3 Å². The molecule has 134 valence electrons. The van der Waals surface area contributed by atoms with E-state index in [1.807, 2.05) is 66.7 Å². The van der Waals surface area contributed by atoms with Gasteiger partial charge in [-0.15, -0.1) is 6.42 Å². The van der Waals surface area contributed by atoms with E-state index in [1.54, 1.807) is 6.21 Å². The summed E-state index contributed by atoms with van der Waals surface area (Å²) in [6, 6.07) is 21.0. The van der Waals surface area contributed by atoms with Gasteiger partial charge in [0, 0.05) is 16.3 Å². The lowest BCUT2D eigenvalue weighted by Crippen LogP contribution is -1.98. The Hall–Kier alpha value is -2.55. The molecule has 3 nitrogen and oxygen atoms in total. The zero-order valence-electron chi connectivity index (χ0n) is 14.2. The predicted octanol–water partition coefficient (Wildman–Crippen LogP) is 6.77. The van der Waals surface area contributed by atoms with E-state index in [0.29, 0.717) is 5.75 Å². The molecule has 0 heterocycles. The topological polar surface area (TPSA) is 30.8 Å². The molecular formula is C22H15Br2NO2. The van der Waals surface area contributed by atoms with Gasteiger partial charge >= 0.3 is 0 Å². The first-order valence-corrected chi connectivity index (χ1v) is 9.66. The van der Waals surface area contributed by atoms with Crippen molar-refractivity contribution in [2.24, 2.45) is 4.99 Å². The second-order valence-electron chi connectivity index (χ2n) is 5.47. The van der Waals surface area contributed by atoms with Crippen LogP contribution in [0.3, 0.4) is 0 Å². The van der Waals surface area contributed by atoms with Crippen molar-refractivity contribution in [2.45, 2.75) is 0 Å². The van der Waals surface area contributed by atoms with Crippen molar-refractivity contribution < 1.29 is 9.47 Å². The third-order valence-corrected chi connectivity index (χ3v) is 4.55. The van der Waals surface area contributed by atoms with Crippen LogP contribution >= 0.6 is 31.9 Å². The number of para-hydroxylation sites is 1. The molecule has 0 aliphatic rings. The van der Waals surface area contributed by atoms with Gasteiger partial charge in [0.05, 0.1) is 10.2 Å². The molecule has 5 heteroatoms. The van der Waals surface area contributed by atoms with Crippen LogP contribution in [-0.2, 0) is 0 Å². The van der Waals surface area contributed by atoms with E-state index in [4.69, 9.17) is 15.9 Å². The first-order valence-electron chi connectivity index (χ1n) is 8.08. The fourth-order valence-corrected chi connectivity index (χ4v) is 3.68. The Morgan fingerprint density at radius 1 is 0.963 bits per heavy atom. The van der Waals surface area contributed by atoms with Gasteiger partial charge in [-0.2, -0.15) is 0 Å². The van der Waals surface area contributed by atoms with Crippen LogP contribution in [0.2, 0.25) is 0 Å². The molecule has 0 aliphatic carbocycles. The number of nitrogens with zero attached hydrogens (tertiary/aromatic N) is 1. The lowest BCUT2D eigenvalue weighted by Gasteiger charge is -2.09. The molecule has 0 N–H and O–H groups in total. The summed E-state index contributed by atoms with van der Waals surface area (Å²) in [5.74, 6) is 4.68. The Labute approximate surface area is 175 Å². The summed E-state index contributed by atoms with van der Waals surface area (Å²) >= 11 is 6.97. The van der Waals surface area contributed by atoms with Crippen LogP contribution in [0.5, 0.6) is 17.2 Å². The van der Waals surface area contributed by atoms with E-state index >= 15 is 0 Å². The van der Waals surface area contributed by atoms with Crippen molar-refractivity contribution in [3.05, 3.63) is 81.2 Å². The molecule has 0 aromatic heterocycles. The Bertz CT molecular complexity index is 978. The van der Waals surface area contributed by atoms with Crippen molar-refractivity contribution in [1.29, 1.82) is 0 Å². The summed E-state index contributed by atoms with van der Waals surface area (Å²) in [5, 5.41) is 0. The minimum absolute atomic E-state index is 0.187. The number of hydrogen-bond acceptors (Lipinski definition) is 3. The zero-order valence-corrected chi connectivity index (χ0v) is 17.4. The van der Waals surface area contributed by atoms with Crippen LogP contribution in [0.1, 0.15) is 5.56 Å². The van der Waals surface area contributed by atoms with Crippen molar-refractivity contribution >= 4 is 43.8 Å². The van der Waals surface area contributed by atoms with Crippen LogP contribution in [0.4, 0.5) is 5.69 Å². The van der Waals surface area contributed by atoms with E-state index in [0.717, 1.165) is 31.7 Å². The summed E-state index contributed by atoms with van der Waals surface area (Å²) in [7, 11) is 0. The smallest absolute Gasteiger partial charge is 0.148 e. The maximum absolute atomic E-state index is 5.79. The van der Waals surface area contributed by atoms with Gasteiger partial charge in [0.15, 0.2) is 0 Å². The Kier molecular flexibility index (Phi) is 6.69. The highest BCUT2D eigenvalue weighted by Crippen LogP contribution is 2.32. The predicted molar refractivity (Wildman–Crippen MR) is 116 cm³/mol. The summed E-state index contributed by atoms with van der Waals surface area (Å²) in [5.41, 5.74) is 1.62. The van der Waals surface area contributed by atoms with Crippen LogP contribution in [0.15, 0.2) is 80.7 Å². The first kappa shape index (κ1) is 19.2. The molecule has 3 aromatic carbocycles. The SMILES string of the molecule is C#CCOc1c(Br)cc(Br)cc1C=Nc1ccc(Oc2ccccc2)cc1. The van der Waals surface area contributed by atoms with Gasteiger partial charge in [-0.3, -0.25) is 4.99 Å². The van der Waals surface area contributed by atoms with Crippen LogP contribution in [-0.4, -0.2) is 12.8 Å². The quantitative estimate of drug-likeness (QED) is 0.285. The lowest BCUT2D eigenvalue weighted by atomic mass is 10.2. The maximum atomic E-state index is 5.79. The standard InChI is InChI=1S/C22H15Br2NO2/c1-2-12-26-22-16(13-17(23)14-21(22)24)15-25-18-8-10-20(11-9-18)27-19-6-4-3-5-7-19/h1,3-11,13-15H,12H2. The molecule has 0 saturated heterocycles. The fraction of sp³-hybridized carbons (Fsp3) is 0.0455. The average molecular weight is 485 g/mol. The molecule has 0 fully saturated rings. The molecule has 0 bridgehead atoms. The maximum Gasteiger partial charge on any atom is 0.148 e. The summed E-state index contributed by atoms with van der Waals surface area (Å²) < 4.78 is 13.1. The van der Waals surface area contributed by atoms with Gasteiger partial charge in [0.25, 0.3) is 0 Å².